The molecule has 0 fully saturated rings. The van der Waals surface area contributed by atoms with Crippen molar-refractivity contribution >= 4 is 22.7 Å². The van der Waals surface area contributed by atoms with E-state index in [1.54, 1.807) is 39.0 Å². The normalized spacial score (nSPS) is 13.8. The monoisotopic (exact) mass is 540 g/mol. The first kappa shape index (κ1) is 27.7. The highest BCUT2D eigenvalue weighted by Gasteiger charge is 2.30. The Morgan fingerprint density at radius 3 is 2.46 bits per heavy atom. The van der Waals surface area contributed by atoms with Gasteiger partial charge in [0.15, 0.2) is 29.6 Å². The average Bonchev–Trinajstić information content (AvgIpc) is 3.27. The van der Waals surface area contributed by atoms with Gasteiger partial charge in [-0.1, -0.05) is 13.3 Å². The lowest BCUT2D eigenvalue weighted by molar-refractivity contribution is -0.145. The Morgan fingerprint density at radius 1 is 1.08 bits per heavy atom. The lowest BCUT2D eigenvalue weighted by atomic mass is 9.98. The summed E-state index contributed by atoms with van der Waals surface area (Å²) in [4.78, 5) is 25.6. The maximum absolute atomic E-state index is 13.5. The Labute approximate surface area is 225 Å². The highest BCUT2D eigenvalue weighted by atomic mass is 16.7. The first-order valence-corrected chi connectivity index (χ1v) is 12.6. The molecule has 10 nitrogen and oxygen atoms in total. The predicted molar refractivity (Wildman–Crippen MR) is 143 cm³/mol. The summed E-state index contributed by atoms with van der Waals surface area (Å²) < 4.78 is 39.4. The van der Waals surface area contributed by atoms with Crippen molar-refractivity contribution in [2.24, 2.45) is 0 Å². The zero-order valence-electron chi connectivity index (χ0n) is 22.8. The van der Waals surface area contributed by atoms with Crippen LogP contribution in [0.15, 0.2) is 39.7 Å². The van der Waals surface area contributed by atoms with E-state index in [4.69, 9.17) is 32.8 Å². The van der Waals surface area contributed by atoms with Crippen LogP contribution in [0.4, 0.5) is 0 Å². The minimum Gasteiger partial charge on any atom is -0.507 e. The van der Waals surface area contributed by atoms with Crippen LogP contribution in [-0.2, 0) is 25.4 Å². The maximum Gasteiger partial charge on any atom is 0.344 e. The van der Waals surface area contributed by atoms with Crippen LogP contribution in [0.1, 0.15) is 45.2 Å². The Hall–Kier alpha value is -4.34. The maximum atomic E-state index is 13.5. The molecule has 0 unspecified atom stereocenters. The summed E-state index contributed by atoms with van der Waals surface area (Å²) in [6, 6.07) is 6.39. The molecule has 39 heavy (non-hydrogen) atoms. The van der Waals surface area contributed by atoms with Gasteiger partial charge in [0.2, 0.25) is 17.0 Å². The minimum atomic E-state index is -0.871. The van der Waals surface area contributed by atoms with Gasteiger partial charge in [-0.05, 0) is 37.6 Å². The molecule has 208 valence electrons. The van der Waals surface area contributed by atoms with Crippen molar-refractivity contribution in [3.63, 3.8) is 0 Å². The molecular formula is C29H32O10. The SMILES string of the molecule is CCCc1c(-c2oc3cc(C4=COC(C)(C)O4)cc(O)c3c(=O)c2OC)ccc(OC)c1OCC(=O)OCC. The molecule has 2 aromatic carbocycles. The third-order valence-electron chi connectivity index (χ3n) is 6.06. The van der Waals surface area contributed by atoms with Crippen LogP contribution in [0.5, 0.6) is 23.0 Å². The van der Waals surface area contributed by atoms with Gasteiger partial charge in [-0.2, -0.15) is 0 Å². The number of carbonyl (C=O) groups is 1. The van der Waals surface area contributed by atoms with Crippen molar-refractivity contribution in [2.75, 3.05) is 27.4 Å². The fraction of sp³-hybridized carbons (Fsp3) is 0.379. The van der Waals surface area contributed by atoms with Gasteiger partial charge in [0.1, 0.15) is 23.0 Å². The van der Waals surface area contributed by atoms with Crippen LogP contribution in [0, 0.1) is 0 Å². The summed E-state index contributed by atoms with van der Waals surface area (Å²) in [7, 11) is 2.85. The van der Waals surface area contributed by atoms with E-state index in [2.05, 4.69) is 0 Å². The van der Waals surface area contributed by atoms with Crippen molar-refractivity contribution in [1.29, 1.82) is 0 Å². The van der Waals surface area contributed by atoms with Crippen LogP contribution in [0.3, 0.4) is 0 Å². The molecule has 3 aromatic rings. The fourth-order valence-corrected chi connectivity index (χ4v) is 4.39. The van der Waals surface area contributed by atoms with E-state index < -0.39 is 17.2 Å². The van der Waals surface area contributed by atoms with Gasteiger partial charge in [-0.25, -0.2) is 4.79 Å². The molecule has 1 aliphatic rings. The second-order valence-corrected chi connectivity index (χ2v) is 9.23. The number of hydrogen-bond acceptors (Lipinski definition) is 10. The highest BCUT2D eigenvalue weighted by Crippen LogP contribution is 2.43. The van der Waals surface area contributed by atoms with E-state index in [0.717, 1.165) is 0 Å². The summed E-state index contributed by atoms with van der Waals surface area (Å²) in [6.07, 6.45) is 2.66. The number of benzene rings is 2. The molecule has 1 aliphatic heterocycles. The van der Waals surface area contributed by atoms with Crippen LogP contribution < -0.4 is 19.6 Å². The molecule has 0 radical (unpaired) electrons. The number of methoxy groups -OCH3 is 2. The second kappa shape index (κ2) is 11.2. The number of fused-ring (bicyclic) bond motifs is 1. The van der Waals surface area contributed by atoms with E-state index in [-0.39, 0.29) is 41.4 Å². The summed E-state index contributed by atoms with van der Waals surface area (Å²) in [5.74, 6) is -0.538. The zero-order chi connectivity index (χ0) is 28.3. The first-order valence-electron chi connectivity index (χ1n) is 12.6. The number of phenolic OH excluding ortho intramolecular Hbond substituents is 1. The minimum absolute atomic E-state index is 0.0394. The molecule has 1 N–H and O–H groups in total. The zero-order valence-corrected chi connectivity index (χ0v) is 22.8. The third kappa shape index (κ3) is 5.45. The van der Waals surface area contributed by atoms with Crippen LogP contribution in [0.25, 0.3) is 28.1 Å². The van der Waals surface area contributed by atoms with Gasteiger partial charge in [0.25, 0.3) is 0 Å². The summed E-state index contributed by atoms with van der Waals surface area (Å²) in [5, 5.41) is 10.8. The summed E-state index contributed by atoms with van der Waals surface area (Å²) >= 11 is 0. The van der Waals surface area contributed by atoms with Gasteiger partial charge in [-0.15, -0.1) is 0 Å². The van der Waals surface area contributed by atoms with Gasteiger partial charge in [0, 0.05) is 30.5 Å². The number of carbonyl (C=O) groups excluding carboxylic acids is 1. The number of phenols is 1. The van der Waals surface area contributed by atoms with Crippen molar-refractivity contribution in [3.05, 3.63) is 51.9 Å². The fourth-order valence-electron chi connectivity index (χ4n) is 4.39. The van der Waals surface area contributed by atoms with Crippen LogP contribution in [0.2, 0.25) is 0 Å². The molecule has 0 bridgehead atoms. The third-order valence-corrected chi connectivity index (χ3v) is 6.06. The number of esters is 1. The molecule has 0 aliphatic carbocycles. The Bertz CT molecular complexity index is 1480. The molecule has 0 spiro atoms. The van der Waals surface area contributed by atoms with Gasteiger partial charge < -0.3 is 37.9 Å². The topological polar surface area (TPSA) is 123 Å². The van der Waals surface area contributed by atoms with Crippen molar-refractivity contribution < 1.29 is 42.7 Å². The molecule has 0 atom stereocenters. The largest absolute Gasteiger partial charge is 0.507 e. The predicted octanol–water partition coefficient (Wildman–Crippen LogP) is 5.16. The average molecular weight is 541 g/mol. The molecule has 0 amide bonds. The van der Waals surface area contributed by atoms with E-state index >= 15 is 0 Å². The molecular weight excluding hydrogens is 508 g/mol. The lowest BCUT2D eigenvalue weighted by Gasteiger charge is -2.19. The summed E-state index contributed by atoms with van der Waals surface area (Å²) in [5.41, 5.74) is 1.19. The van der Waals surface area contributed by atoms with Crippen LogP contribution in [-0.4, -0.2) is 44.3 Å². The first-order chi connectivity index (χ1) is 18.6. The molecule has 10 heteroatoms. The van der Waals surface area contributed by atoms with E-state index in [1.807, 2.05) is 6.92 Å². The van der Waals surface area contributed by atoms with Gasteiger partial charge >= 0.3 is 5.97 Å². The van der Waals surface area contributed by atoms with Gasteiger partial charge in [0.05, 0.1) is 20.8 Å². The van der Waals surface area contributed by atoms with Crippen molar-refractivity contribution in [2.45, 2.75) is 46.3 Å². The van der Waals surface area contributed by atoms with E-state index in [0.29, 0.717) is 46.8 Å². The Morgan fingerprint density at radius 2 is 1.85 bits per heavy atom. The van der Waals surface area contributed by atoms with E-state index in [9.17, 15) is 14.7 Å². The number of ether oxygens (including phenoxy) is 6. The van der Waals surface area contributed by atoms with Gasteiger partial charge in [-0.3, -0.25) is 4.79 Å². The smallest absolute Gasteiger partial charge is 0.344 e. The Balaban J connectivity index is 1.93. The number of hydrogen-bond donors (Lipinski definition) is 1. The molecule has 2 heterocycles. The summed E-state index contributed by atoms with van der Waals surface area (Å²) in [6.45, 7) is 7.09. The standard InChI is InChI=1S/C29H32O10/c1-7-9-17-18(10-11-20(33-5)26(17)36-15-23(31)35-8-2)27-28(34-6)25(32)24-19(30)12-16(13-21(24)38-27)22-14-37-29(3,4)39-22/h10-14,30H,7-9,15H2,1-6H3. The molecule has 0 saturated heterocycles. The van der Waals surface area contributed by atoms with Crippen molar-refractivity contribution in [3.8, 4) is 34.3 Å². The molecule has 4 rings (SSSR count). The number of aromatic hydroxyl groups is 1. The quantitative estimate of drug-likeness (QED) is 0.345. The lowest BCUT2D eigenvalue weighted by Crippen LogP contribution is -2.19. The number of rotatable bonds is 10. The van der Waals surface area contributed by atoms with Crippen molar-refractivity contribution in [1.82, 2.24) is 0 Å². The second-order valence-electron chi connectivity index (χ2n) is 9.23. The molecule has 1 aromatic heterocycles. The highest BCUT2D eigenvalue weighted by molar-refractivity contribution is 5.90. The molecule has 0 saturated carbocycles. The van der Waals surface area contributed by atoms with Crippen LogP contribution >= 0.6 is 0 Å². The Kier molecular flexibility index (Phi) is 7.94. The van der Waals surface area contributed by atoms with E-state index in [1.165, 1.54) is 26.5 Å².